The molecule has 1 amide bonds. The Morgan fingerprint density at radius 1 is 1.00 bits per heavy atom. The third-order valence-electron chi connectivity index (χ3n) is 5.15. The predicted octanol–water partition coefficient (Wildman–Crippen LogP) is 4.55. The number of hydrogen-bond donors (Lipinski definition) is 2. The van der Waals surface area contributed by atoms with Crippen LogP contribution in [0.5, 0.6) is 0 Å². The smallest absolute Gasteiger partial charge is 0.303 e. The number of likely N-dealkylation sites (tertiary alicyclic amines) is 1. The van der Waals surface area contributed by atoms with Crippen molar-refractivity contribution in [2.45, 2.75) is 31.7 Å². The van der Waals surface area contributed by atoms with Crippen LogP contribution in [0.1, 0.15) is 42.9 Å². The summed E-state index contributed by atoms with van der Waals surface area (Å²) in [5.74, 6) is -3.65. The van der Waals surface area contributed by atoms with Crippen molar-refractivity contribution in [3.05, 3.63) is 76.1 Å². The van der Waals surface area contributed by atoms with Gasteiger partial charge in [0.05, 0.1) is 11.6 Å². The summed E-state index contributed by atoms with van der Waals surface area (Å²) in [4.78, 5) is 37.5. The van der Waals surface area contributed by atoms with E-state index < -0.39 is 35.3 Å². The summed E-state index contributed by atoms with van der Waals surface area (Å²) in [6.45, 7) is 0.126. The number of aliphatic hydroxyl groups excluding tert-OH is 1. The fourth-order valence-corrected chi connectivity index (χ4v) is 3.76. The molecule has 0 spiro atoms. The Morgan fingerprint density at radius 2 is 1.68 bits per heavy atom. The van der Waals surface area contributed by atoms with Crippen LogP contribution in [-0.2, 0) is 14.4 Å². The highest BCUT2D eigenvalue weighted by molar-refractivity contribution is 6.46. The van der Waals surface area contributed by atoms with Crippen molar-refractivity contribution in [1.82, 2.24) is 4.90 Å². The predicted molar refractivity (Wildman–Crippen MR) is 113 cm³/mol. The first-order chi connectivity index (χ1) is 14.8. The van der Waals surface area contributed by atoms with E-state index >= 15 is 0 Å². The lowest BCUT2D eigenvalue weighted by atomic mass is 9.95. The molecule has 8 heteroatoms. The van der Waals surface area contributed by atoms with E-state index in [0.29, 0.717) is 24.3 Å². The lowest BCUT2D eigenvalue weighted by Crippen LogP contribution is -2.31. The maximum atomic E-state index is 14.7. The van der Waals surface area contributed by atoms with Crippen LogP contribution in [0.15, 0.2) is 54.1 Å². The fourth-order valence-electron chi connectivity index (χ4n) is 3.63. The third kappa shape index (κ3) is 4.94. The standard InChI is InChI=1S/C23H21ClFNO5/c24-15-11-9-14(10-12-15)21(29)19-20(16-6-3-4-7-17(16)25)26(23(31)22(19)30)13-5-1-2-8-18(27)28/h3-4,6-7,9-12,20,29H,1-2,5,8,13H2,(H,27,28). The molecule has 0 aliphatic carbocycles. The van der Waals surface area contributed by atoms with E-state index in [2.05, 4.69) is 0 Å². The van der Waals surface area contributed by atoms with Gasteiger partial charge in [-0.1, -0.05) is 36.2 Å². The highest BCUT2D eigenvalue weighted by atomic mass is 35.5. The normalized spacial score (nSPS) is 17.9. The number of ketones is 1. The largest absolute Gasteiger partial charge is 0.507 e. The van der Waals surface area contributed by atoms with Gasteiger partial charge >= 0.3 is 5.97 Å². The average Bonchev–Trinajstić information content (AvgIpc) is 2.98. The zero-order chi connectivity index (χ0) is 22.5. The number of carboxylic acid groups (broad SMARTS) is 1. The third-order valence-corrected chi connectivity index (χ3v) is 5.40. The van der Waals surface area contributed by atoms with Crippen molar-refractivity contribution in [3.63, 3.8) is 0 Å². The summed E-state index contributed by atoms with van der Waals surface area (Å²) in [6, 6.07) is 10.8. The van der Waals surface area contributed by atoms with E-state index in [-0.39, 0.29) is 29.7 Å². The molecule has 31 heavy (non-hydrogen) atoms. The number of aliphatic carboxylic acids is 1. The van der Waals surface area contributed by atoms with Crippen LogP contribution < -0.4 is 0 Å². The number of unbranched alkanes of at least 4 members (excludes halogenated alkanes) is 2. The van der Waals surface area contributed by atoms with Gasteiger partial charge in [-0.25, -0.2) is 4.39 Å². The molecule has 6 nitrogen and oxygen atoms in total. The van der Waals surface area contributed by atoms with Gasteiger partial charge < -0.3 is 15.1 Å². The number of carbonyl (C=O) groups excluding carboxylic acids is 2. The first-order valence-corrected chi connectivity index (χ1v) is 10.2. The molecule has 2 N–H and O–H groups in total. The number of carbonyl (C=O) groups is 3. The number of rotatable bonds is 8. The quantitative estimate of drug-likeness (QED) is 0.269. The average molecular weight is 446 g/mol. The maximum Gasteiger partial charge on any atom is 0.303 e. The summed E-state index contributed by atoms with van der Waals surface area (Å²) in [5.41, 5.74) is 0.191. The summed E-state index contributed by atoms with van der Waals surface area (Å²) in [7, 11) is 0. The zero-order valence-electron chi connectivity index (χ0n) is 16.6. The second-order valence-electron chi connectivity index (χ2n) is 7.23. The Labute approximate surface area is 183 Å². The van der Waals surface area contributed by atoms with Crippen molar-refractivity contribution in [2.75, 3.05) is 6.54 Å². The molecule has 1 heterocycles. The summed E-state index contributed by atoms with van der Waals surface area (Å²) in [6.07, 6.45) is 1.39. The Bertz CT molecular complexity index is 1030. The lowest BCUT2D eigenvalue weighted by Gasteiger charge is -2.25. The molecular weight excluding hydrogens is 425 g/mol. The van der Waals surface area contributed by atoms with Crippen molar-refractivity contribution < 1.29 is 29.0 Å². The number of hydrogen-bond acceptors (Lipinski definition) is 4. The van der Waals surface area contributed by atoms with Crippen molar-refractivity contribution >= 4 is 35.0 Å². The van der Waals surface area contributed by atoms with Crippen molar-refractivity contribution in [1.29, 1.82) is 0 Å². The highest BCUT2D eigenvalue weighted by Gasteiger charge is 2.46. The van der Waals surface area contributed by atoms with Crippen LogP contribution >= 0.6 is 11.6 Å². The highest BCUT2D eigenvalue weighted by Crippen LogP contribution is 2.40. The van der Waals surface area contributed by atoms with Crippen LogP contribution in [0.4, 0.5) is 4.39 Å². The molecular formula is C23H21ClFNO5. The number of nitrogens with zero attached hydrogens (tertiary/aromatic N) is 1. The Hall–Kier alpha value is -3.19. The number of carboxylic acids is 1. The lowest BCUT2D eigenvalue weighted by molar-refractivity contribution is -0.140. The maximum absolute atomic E-state index is 14.7. The molecule has 0 bridgehead atoms. The first kappa shape index (κ1) is 22.5. The molecule has 1 aliphatic heterocycles. The van der Waals surface area contributed by atoms with Crippen molar-refractivity contribution in [2.24, 2.45) is 0 Å². The molecule has 1 aliphatic rings. The van der Waals surface area contributed by atoms with Gasteiger partial charge in [-0.15, -0.1) is 0 Å². The van der Waals surface area contributed by atoms with Crippen LogP contribution in [0.2, 0.25) is 5.02 Å². The molecule has 1 atom stereocenters. The van der Waals surface area contributed by atoms with E-state index in [1.165, 1.54) is 47.4 Å². The molecule has 2 aromatic carbocycles. The zero-order valence-corrected chi connectivity index (χ0v) is 17.3. The minimum absolute atomic E-state index is 0.00608. The van der Waals surface area contributed by atoms with Gasteiger partial charge in [0, 0.05) is 29.1 Å². The number of amides is 1. The summed E-state index contributed by atoms with van der Waals surface area (Å²) in [5, 5.41) is 20.0. The molecule has 162 valence electrons. The first-order valence-electron chi connectivity index (χ1n) is 9.82. The van der Waals surface area contributed by atoms with E-state index in [4.69, 9.17) is 16.7 Å². The minimum atomic E-state index is -1.09. The van der Waals surface area contributed by atoms with E-state index in [0.717, 1.165) is 0 Å². The van der Waals surface area contributed by atoms with Crippen LogP contribution in [0.3, 0.4) is 0 Å². The molecule has 1 fully saturated rings. The molecule has 1 saturated heterocycles. The van der Waals surface area contributed by atoms with Gasteiger partial charge in [0.1, 0.15) is 11.6 Å². The fraction of sp³-hybridized carbons (Fsp3) is 0.261. The molecule has 3 rings (SSSR count). The topological polar surface area (TPSA) is 94.9 Å². The van der Waals surface area contributed by atoms with E-state index in [9.17, 15) is 23.9 Å². The molecule has 0 radical (unpaired) electrons. The van der Waals surface area contributed by atoms with Gasteiger partial charge in [-0.3, -0.25) is 14.4 Å². The Kier molecular flexibility index (Phi) is 7.07. The van der Waals surface area contributed by atoms with Crippen LogP contribution in [0.25, 0.3) is 5.76 Å². The Morgan fingerprint density at radius 3 is 2.32 bits per heavy atom. The number of halogens is 2. The summed E-state index contributed by atoms with van der Waals surface area (Å²) < 4.78 is 14.7. The monoisotopic (exact) mass is 445 g/mol. The molecule has 0 aromatic heterocycles. The number of aliphatic hydroxyl groups is 1. The van der Waals surface area contributed by atoms with Gasteiger partial charge in [0.2, 0.25) is 0 Å². The number of Topliss-reactive ketones (excluding diaryl/α,β-unsaturated/α-hetero) is 1. The second kappa shape index (κ2) is 9.75. The molecule has 0 saturated carbocycles. The van der Waals surface area contributed by atoms with Gasteiger partial charge in [-0.2, -0.15) is 0 Å². The SMILES string of the molecule is O=C(O)CCCCCN1C(=O)C(=O)C(=C(O)c2ccc(Cl)cc2)C1c1ccccc1F. The van der Waals surface area contributed by atoms with E-state index in [1.54, 1.807) is 6.07 Å². The Balaban J connectivity index is 1.99. The van der Waals surface area contributed by atoms with Gasteiger partial charge in [-0.05, 0) is 43.2 Å². The molecule has 2 aromatic rings. The van der Waals surface area contributed by atoms with Gasteiger partial charge in [0.15, 0.2) is 0 Å². The van der Waals surface area contributed by atoms with Gasteiger partial charge in [0.25, 0.3) is 11.7 Å². The number of benzene rings is 2. The molecule has 1 unspecified atom stereocenters. The van der Waals surface area contributed by atoms with Crippen LogP contribution in [0, 0.1) is 5.82 Å². The van der Waals surface area contributed by atoms with E-state index in [1.807, 2.05) is 0 Å². The minimum Gasteiger partial charge on any atom is -0.507 e. The summed E-state index contributed by atoms with van der Waals surface area (Å²) >= 11 is 5.89. The van der Waals surface area contributed by atoms with Crippen molar-refractivity contribution in [3.8, 4) is 0 Å². The van der Waals surface area contributed by atoms with Crippen LogP contribution in [-0.4, -0.2) is 39.3 Å². The second-order valence-corrected chi connectivity index (χ2v) is 7.66.